The van der Waals surface area contributed by atoms with Crippen molar-refractivity contribution in [1.82, 2.24) is 4.98 Å². The Bertz CT molecular complexity index is 1020. The molecule has 3 aromatic rings. The lowest BCUT2D eigenvalue weighted by Crippen LogP contribution is -2.30. The second kappa shape index (κ2) is 8.26. The lowest BCUT2D eigenvalue weighted by Gasteiger charge is -2.13. The third-order valence-corrected chi connectivity index (χ3v) is 5.00. The summed E-state index contributed by atoms with van der Waals surface area (Å²) in [5.41, 5.74) is 1.39. The predicted octanol–water partition coefficient (Wildman–Crippen LogP) is 4.58. The fourth-order valence-electron chi connectivity index (χ4n) is 2.38. The van der Waals surface area contributed by atoms with E-state index in [1.165, 1.54) is 37.3 Å². The molecule has 0 radical (unpaired) electrons. The van der Waals surface area contributed by atoms with E-state index in [-0.39, 0.29) is 16.4 Å². The Balaban J connectivity index is 1.68. The minimum absolute atomic E-state index is 0.254. The third kappa shape index (κ3) is 4.58. The summed E-state index contributed by atoms with van der Waals surface area (Å²) in [4.78, 5) is 29.2. The van der Waals surface area contributed by atoms with Gasteiger partial charge in [0.15, 0.2) is 6.10 Å². The van der Waals surface area contributed by atoms with Gasteiger partial charge in [-0.2, -0.15) is 0 Å². The molecule has 0 aliphatic heterocycles. The van der Waals surface area contributed by atoms with Crippen LogP contribution in [0.25, 0.3) is 10.6 Å². The third-order valence-electron chi connectivity index (χ3n) is 3.82. The van der Waals surface area contributed by atoms with Gasteiger partial charge in [-0.15, -0.1) is 11.3 Å². The Kier molecular flexibility index (Phi) is 5.79. The second-order valence-corrected chi connectivity index (χ2v) is 6.99. The maximum atomic E-state index is 13.2. The largest absolute Gasteiger partial charge is 0.448 e. The molecule has 1 atom stereocenters. The molecule has 2 aromatic carbocycles. The number of ether oxygens (including phenoxy) is 1. The van der Waals surface area contributed by atoms with Gasteiger partial charge in [-0.25, -0.2) is 18.6 Å². The molecule has 0 aliphatic carbocycles. The summed E-state index contributed by atoms with van der Waals surface area (Å²) in [5.74, 6) is -2.13. The highest BCUT2D eigenvalue weighted by Gasteiger charge is 2.23. The topological polar surface area (TPSA) is 68.3 Å². The molecule has 0 aliphatic rings. The molecule has 1 N–H and O–H groups in total. The quantitative estimate of drug-likeness (QED) is 0.635. The van der Waals surface area contributed by atoms with Crippen LogP contribution in [0.4, 0.5) is 14.5 Å². The number of thiazole rings is 1. The first-order valence-corrected chi connectivity index (χ1v) is 9.16. The standard InChI is InChI=1S/C20H16F2N2O3S/c1-11-17(28-19(23-11)13-6-8-14(21)9-7-13)20(26)27-12(2)18(25)24-16-5-3-4-15(22)10-16/h3-10,12H,1-2H3,(H,24,25)/t12-/m0/s1. The molecule has 0 saturated carbocycles. The molecule has 0 spiro atoms. The number of halogens is 2. The average molecular weight is 402 g/mol. The molecular weight excluding hydrogens is 386 g/mol. The first-order valence-electron chi connectivity index (χ1n) is 8.34. The van der Waals surface area contributed by atoms with Gasteiger partial charge in [-0.1, -0.05) is 6.07 Å². The van der Waals surface area contributed by atoms with Gasteiger partial charge < -0.3 is 10.1 Å². The molecule has 1 heterocycles. The number of nitrogens with zero attached hydrogens (tertiary/aromatic N) is 1. The predicted molar refractivity (Wildman–Crippen MR) is 102 cm³/mol. The monoisotopic (exact) mass is 402 g/mol. The summed E-state index contributed by atoms with van der Waals surface area (Å²) < 4.78 is 31.5. The lowest BCUT2D eigenvalue weighted by molar-refractivity contribution is -0.123. The highest BCUT2D eigenvalue weighted by atomic mass is 32.1. The molecular formula is C20H16F2N2O3S. The Morgan fingerprint density at radius 3 is 2.50 bits per heavy atom. The van der Waals surface area contributed by atoms with Crippen LogP contribution in [-0.2, 0) is 9.53 Å². The maximum Gasteiger partial charge on any atom is 0.351 e. The Morgan fingerprint density at radius 2 is 1.82 bits per heavy atom. The second-order valence-electron chi connectivity index (χ2n) is 5.99. The number of hydrogen-bond acceptors (Lipinski definition) is 5. The van der Waals surface area contributed by atoms with E-state index >= 15 is 0 Å². The van der Waals surface area contributed by atoms with E-state index in [2.05, 4.69) is 10.3 Å². The van der Waals surface area contributed by atoms with Crippen molar-refractivity contribution in [3.05, 3.63) is 70.7 Å². The van der Waals surface area contributed by atoms with Crippen LogP contribution in [0.15, 0.2) is 48.5 Å². The van der Waals surface area contributed by atoms with Crippen LogP contribution >= 0.6 is 11.3 Å². The minimum Gasteiger partial charge on any atom is -0.448 e. The number of anilines is 1. The number of aromatic nitrogens is 1. The van der Waals surface area contributed by atoms with Gasteiger partial charge in [0.25, 0.3) is 5.91 Å². The normalized spacial score (nSPS) is 11.7. The van der Waals surface area contributed by atoms with Crippen LogP contribution in [0.3, 0.4) is 0 Å². The van der Waals surface area contributed by atoms with E-state index in [1.807, 2.05) is 0 Å². The zero-order valence-corrected chi connectivity index (χ0v) is 15.8. The summed E-state index contributed by atoms with van der Waals surface area (Å²) in [6.07, 6.45) is -1.09. The SMILES string of the molecule is Cc1nc(-c2ccc(F)cc2)sc1C(=O)O[C@@H](C)C(=O)Nc1cccc(F)c1. The van der Waals surface area contributed by atoms with Crippen molar-refractivity contribution >= 4 is 28.9 Å². The number of aryl methyl sites for hydroxylation is 1. The van der Waals surface area contributed by atoms with Crippen molar-refractivity contribution in [1.29, 1.82) is 0 Å². The number of esters is 1. The molecule has 0 fully saturated rings. The number of amides is 1. The van der Waals surface area contributed by atoms with Crippen molar-refractivity contribution in [3.63, 3.8) is 0 Å². The molecule has 5 nitrogen and oxygen atoms in total. The molecule has 0 saturated heterocycles. The van der Waals surface area contributed by atoms with Gasteiger partial charge in [0.05, 0.1) is 5.69 Å². The fraction of sp³-hybridized carbons (Fsp3) is 0.150. The van der Waals surface area contributed by atoms with E-state index < -0.39 is 23.8 Å². The summed E-state index contributed by atoms with van der Waals surface area (Å²) in [6, 6.07) is 11.2. The van der Waals surface area contributed by atoms with Gasteiger partial charge in [-0.05, 0) is 56.3 Å². The van der Waals surface area contributed by atoms with E-state index in [0.717, 1.165) is 17.4 Å². The highest BCUT2D eigenvalue weighted by Crippen LogP contribution is 2.28. The van der Waals surface area contributed by atoms with Gasteiger partial charge in [0, 0.05) is 11.3 Å². The molecule has 1 amide bonds. The fourth-order valence-corrected chi connectivity index (χ4v) is 3.33. The van der Waals surface area contributed by atoms with Crippen molar-refractivity contribution in [3.8, 4) is 10.6 Å². The first kappa shape index (κ1) is 19.6. The molecule has 1 aromatic heterocycles. The number of carbonyl (C=O) groups is 2. The minimum atomic E-state index is -1.09. The number of nitrogens with one attached hydrogen (secondary N) is 1. The molecule has 0 unspecified atom stereocenters. The Labute approximate surface area is 164 Å². The number of rotatable bonds is 5. The molecule has 3 rings (SSSR count). The maximum absolute atomic E-state index is 13.2. The number of benzene rings is 2. The van der Waals surface area contributed by atoms with Gasteiger partial charge in [0.1, 0.15) is 21.5 Å². The van der Waals surface area contributed by atoms with Crippen molar-refractivity contribution in [2.75, 3.05) is 5.32 Å². The van der Waals surface area contributed by atoms with Crippen LogP contribution < -0.4 is 5.32 Å². The first-order chi connectivity index (χ1) is 13.3. The summed E-state index contributed by atoms with van der Waals surface area (Å²) in [6.45, 7) is 3.07. The average Bonchev–Trinajstić information content (AvgIpc) is 3.04. The number of carbonyl (C=O) groups excluding carboxylic acids is 2. The van der Waals surface area contributed by atoms with E-state index in [9.17, 15) is 18.4 Å². The smallest absolute Gasteiger partial charge is 0.351 e. The Hall–Kier alpha value is -3.13. The molecule has 144 valence electrons. The van der Waals surface area contributed by atoms with Crippen LogP contribution in [-0.4, -0.2) is 23.0 Å². The van der Waals surface area contributed by atoms with Crippen LogP contribution in [0.5, 0.6) is 0 Å². The summed E-state index contributed by atoms with van der Waals surface area (Å²) in [7, 11) is 0. The lowest BCUT2D eigenvalue weighted by atomic mass is 10.2. The van der Waals surface area contributed by atoms with E-state index in [4.69, 9.17) is 4.74 Å². The zero-order valence-electron chi connectivity index (χ0n) is 15.0. The van der Waals surface area contributed by atoms with Crippen molar-refractivity contribution in [2.45, 2.75) is 20.0 Å². The molecule has 28 heavy (non-hydrogen) atoms. The Morgan fingerprint density at radius 1 is 1.11 bits per heavy atom. The van der Waals surface area contributed by atoms with Gasteiger partial charge >= 0.3 is 5.97 Å². The zero-order chi connectivity index (χ0) is 20.3. The van der Waals surface area contributed by atoms with Gasteiger partial charge in [-0.3, -0.25) is 4.79 Å². The van der Waals surface area contributed by atoms with E-state index in [0.29, 0.717) is 16.3 Å². The highest BCUT2D eigenvalue weighted by molar-refractivity contribution is 7.17. The number of hydrogen-bond donors (Lipinski definition) is 1. The van der Waals surface area contributed by atoms with Crippen molar-refractivity contribution < 1.29 is 23.1 Å². The van der Waals surface area contributed by atoms with Crippen molar-refractivity contribution in [2.24, 2.45) is 0 Å². The molecule has 8 heteroatoms. The van der Waals surface area contributed by atoms with Crippen LogP contribution in [0, 0.1) is 18.6 Å². The summed E-state index contributed by atoms with van der Waals surface area (Å²) in [5, 5.41) is 3.03. The van der Waals surface area contributed by atoms with Crippen LogP contribution in [0.2, 0.25) is 0 Å². The summed E-state index contributed by atoms with van der Waals surface area (Å²) >= 11 is 1.10. The molecule has 0 bridgehead atoms. The van der Waals surface area contributed by atoms with Gasteiger partial charge in [0.2, 0.25) is 0 Å². The van der Waals surface area contributed by atoms with E-state index in [1.54, 1.807) is 19.1 Å². The van der Waals surface area contributed by atoms with Crippen LogP contribution in [0.1, 0.15) is 22.3 Å².